The Labute approximate surface area is 182 Å². The van der Waals surface area contributed by atoms with Crippen LogP contribution in [-0.2, 0) is 4.74 Å². The van der Waals surface area contributed by atoms with Gasteiger partial charge in [0.1, 0.15) is 23.8 Å². The van der Waals surface area contributed by atoms with Gasteiger partial charge in [0.05, 0.1) is 18.6 Å². The molecule has 4 atom stereocenters. The van der Waals surface area contributed by atoms with Crippen LogP contribution in [0.4, 0.5) is 11.5 Å². The molecular weight excluding hydrogens is 428 g/mol. The highest BCUT2D eigenvalue weighted by atomic mass is 35.5. The minimum Gasteiger partial charge on any atom is -0.394 e. The molecular formula is C18H23ClN8O4. The Morgan fingerprint density at radius 1 is 1.19 bits per heavy atom. The van der Waals surface area contributed by atoms with Crippen molar-refractivity contribution < 1.29 is 20.1 Å². The Morgan fingerprint density at radius 3 is 2.52 bits per heavy atom. The predicted molar refractivity (Wildman–Crippen MR) is 112 cm³/mol. The number of nitrogen functional groups attached to an aromatic ring is 1. The van der Waals surface area contributed by atoms with E-state index in [1.807, 2.05) is 44.4 Å². The van der Waals surface area contributed by atoms with Crippen LogP contribution in [0, 0.1) is 0 Å². The van der Waals surface area contributed by atoms with Crippen LogP contribution >= 0.6 is 11.6 Å². The van der Waals surface area contributed by atoms with E-state index in [9.17, 15) is 10.2 Å². The highest BCUT2D eigenvalue weighted by Gasteiger charge is 2.44. The van der Waals surface area contributed by atoms with E-state index >= 15 is 0 Å². The molecule has 31 heavy (non-hydrogen) atoms. The average Bonchev–Trinajstić information content (AvgIpc) is 3.29. The number of nitrogens with two attached hydrogens (primary N) is 1. The zero-order valence-corrected chi connectivity index (χ0v) is 17.6. The fourth-order valence-electron chi connectivity index (χ4n) is 2.84. The van der Waals surface area contributed by atoms with Gasteiger partial charge in [0.15, 0.2) is 17.7 Å². The van der Waals surface area contributed by atoms with Crippen molar-refractivity contribution in [1.29, 1.82) is 0 Å². The predicted octanol–water partition coefficient (Wildman–Crippen LogP) is 0.920. The molecule has 12 nitrogen and oxygen atoms in total. The summed E-state index contributed by atoms with van der Waals surface area (Å²) in [6, 6.07) is 9.64. The van der Waals surface area contributed by atoms with Crippen molar-refractivity contribution in [3.05, 3.63) is 41.9 Å². The topological polar surface area (TPSA) is 168 Å². The van der Waals surface area contributed by atoms with Crippen LogP contribution in [0.5, 0.6) is 0 Å². The maximum Gasteiger partial charge on any atom is 0.226 e. The fourth-order valence-corrected chi connectivity index (χ4v) is 3.01. The van der Waals surface area contributed by atoms with E-state index in [0.717, 1.165) is 5.69 Å². The summed E-state index contributed by atoms with van der Waals surface area (Å²) in [5.41, 5.74) is 7.14. The van der Waals surface area contributed by atoms with E-state index < -0.39 is 31.1 Å². The van der Waals surface area contributed by atoms with Crippen molar-refractivity contribution in [1.82, 2.24) is 24.5 Å². The average molecular weight is 451 g/mol. The van der Waals surface area contributed by atoms with Crippen molar-refractivity contribution in [2.45, 2.75) is 24.5 Å². The summed E-state index contributed by atoms with van der Waals surface area (Å²) in [4.78, 5) is 11.8. The third-order valence-corrected chi connectivity index (χ3v) is 4.48. The fraction of sp³-hybridized carbons (Fsp3) is 0.389. The summed E-state index contributed by atoms with van der Waals surface area (Å²) in [6.07, 6.45) is -2.93. The van der Waals surface area contributed by atoms with Crippen LogP contribution in [0.1, 0.15) is 6.23 Å². The lowest BCUT2D eigenvalue weighted by Gasteiger charge is -2.16. The standard InChI is InChI=1S/C10H12ClN5O4.C8H11N3/c11-10-14-7(12)4-8(15-10)16(2-13-4)9-6(19)5(18)3(1-17)20-9;1-11(2)10-9-8-6-4-3-5-7-8/h2-3,5-6,9,17-19H,1H2,(H2,12,14,15);3-7H,1-2H3/b;10-9+/t3-,5-,6-,9-;/m1./s1. The number of halogens is 1. The summed E-state index contributed by atoms with van der Waals surface area (Å²) in [6.45, 7) is -0.417. The molecule has 4 rings (SSSR count). The summed E-state index contributed by atoms with van der Waals surface area (Å²) in [5, 5.41) is 38.2. The Balaban J connectivity index is 0.000000210. The van der Waals surface area contributed by atoms with Gasteiger partial charge in [-0.15, -0.1) is 5.11 Å². The first-order chi connectivity index (χ1) is 14.8. The number of benzene rings is 1. The van der Waals surface area contributed by atoms with Gasteiger partial charge in [0.25, 0.3) is 0 Å². The molecule has 3 aromatic rings. The summed E-state index contributed by atoms with van der Waals surface area (Å²) >= 11 is 5.74. The smallest absolute Gasteiger partial charge is 0.226 e. The van der Waals surface area contributed by atoms with Gasteiger partial charge in [-0.25, -0.2) is 4.98 Å². The number of hydrogen-bond donors (Lipinski definition) is 4. The number of aliphatic hydroxyl groups excluding tert-OH is 3. The zero-order valence-electron chi connectivity index (χ0n) is 16.8. The zero-order chi connectivity index (χ0) is 22.5. The third-order valence-electron chi connectivity index (χ3n) is 4.31. The second-order valence-electron chi connectivity index (χ2n) is 6.80. The summed E-state index contributed by atoms with van der Waals surface area (Å²) < 4.78 is 6.79. The van der Waals surface area contributed by atoms with Crippen molar-refractivity contribution in [3.63, 3.8) is 0 Å². The first-order valence-electron chi connectivity index (χ1n) is 9.23. The van der Waals surface area contributed by atoms with E-state index in [-0.39, 0.29) is 16.7 Å². The van der Waals surface area contributed by atoms with E-state index in [4.69, 9.17) is 27.2 Å². The number of fused-ring (bicyclic) bond motifs is 1. The van der Waals surface area contributed by atoms with Gasteiger partial charge in [-0.3, -0.25) is 9.58 Å². The van der Waals surface area contributed by atoms with Crippen LogP contribution in [0.25, 0.3) is 11.2 Å². The number of aromatic nitrogens is 4. The van der Waals surface area contributed by atoms with Gasteiger partial charge in [-0.05, 0) is 23.7 Å². The summed E-state index contributed by atoms with van der Waals surface area (Å²) in [5.74, 6) is 0.102. The van der Waals surface area contributed by atoms with Crippen molar-refractivity contribution >= 4 is 34.3 Å². The molecule has 1 fully saturated rings. The minimum atomic E-state index is -1.24. The second kappa shape index (κ2) is 9.94. The lowest BCUT2D eigenvalue weighted by atomic mass is 10.1. The van der Waals surface area contributed by atoms with Gasteiger partial charge in [-0.1, -0.05) is 23.4 Å². The SMILES string of the molecule is CN(C)/N=N/c1ccccc1.Nc1nc(Cl)nc2c1ncn2[C@@H]1O[C@H](CO)[C@@H](O)[C@H]1O. The van der Waals surface area contributed by atoms with Crippen LogP contribution in [0.2, 0.25) is 5.28 Å². The molecule has 13 heteroatoms. The van der Waals surface area contributed by atoms with Crippen LogP contribution in [0.15, 0.2) is 47.0 Å². The monoisotopic (exact) mass is 450 g/mol. The highest BCUT2D eigenvalue weighted by Crippen LogP contribution is 2.32. The minimum absolute atomic E-state index is 0.0662. The van der Waals surface area contributed by atoms with Crippen LogP contribution < -0.4 is 5.73 Å². The van der Waals surface area contributed by atoms with Gasteiger partial charge in [0, 0.05) is 14.1 Å². The first kappa shape index (κ1) is 22.8. The second-order valence-corrected chi connectivity index (χ2v) is 7.14. The molecule has 0 bridgehead atoms. The number of hydrogen-bond acceptors (Lipinski definition) is 10. The van der Waals surface area contributed by atoms with Gasteiger partial charge < -0.3 is 25.8 Å². The first-order valence-corrected chi connectivity index (χ1v) is 9.61. The number of ether oxygens (including phenoxy) is 1. The molecule has 2 aromatic heterocycles. The maximum absolute atomic E-state index is 9.99. The lowest BCUT2D eigenvalue weighted by molar-refractivity contribution is -0.0511. The van der Waals surface area contributed by atoms with Crippen LogP contribution in [0.3, 0.4) is 0 Å². The molecule has 1 aliphatic heterocycles. The Bertz CT molecular complexity index is 1030. The number of rotatable bonds is 4. The molecule has 166 valence electrons. The van der Waals surface area contributed by atoms with E-state index in [1.54, 1.807) is 5.01 Å². The number of aliphatic hydroxyl groups is 3. The molecule has 0 aliphatic carbocycles. The van der Waals surface area contributed by atoms with Crippen molar-refractivity contribution in [2.24, 2.45) is 10.3 Å². The molecule has 0 spiro atoms. The summed E-state index contributed by atoms with van der Waals surface area (Å²) in [7, 11) is 3.68. The van der Waals surface area contributed by atoms with E-state index in [0.29, 0.717) is 5.52 Å². The Morgan fingerprint density at radius 2 is 1.90 bits per heavy atom. The van der Waals surface area contributed by atoms with Gasteiger partial charge in [-0.2, -0.15) is 9.97 Å². The Kier molecular flexibility index (Phi) is 7.30. The molecule has 0 amide bonds. The molecule has 1 aromatic carbocycles. The number of anilines is 1. The quantitative estimate of drug-likeness (QED) is 0.256. The van der Waals surface area contributed by atoms with E-state index in [2.05, 4.69) is 25.3 Å². The van der Waals surface area contributed by atoms with Crippen molar-refractivity contribution in [2.75, 3.05) is 26.4 Å². The number of imidazole rings is 1. The largest absolute Gasteiger partial charge is 0.394 e. The molecule has 3 heterocycles. The molecule has 0 radical (unpaired) electrons. The van der Waals surface area contributed by atoms with Crippen molar-refractivity contribution in [3.8, 4) is 0 Å². The highest BCUT2D eigenvalue weighted by molar-refractivity contribution is 6.28. The normalized spacial score (nSPS) is 23.2. The lowest BCUT2D eigenvalue weighted by Crippen LogP contribution is -2.33. The number of nitrogens with zero attached hydrogens (tertiary/aromatic N) is 7. The van der Waals surface area contributed by atoms with E-state index in [1.165, 1.54) is 10.9 Å². The molecule has 1 aliphatic rings. The molecule has 0 saturated carbocycles. The van der Waals surface area contributed by atoms with Gasteiger partial charge in [0.2, 0.25) is 5.28 Å². The van der Waals surface area contributed by atoms with Gasteiger partial charge >= 0.3 is 0 Å². The molecule has 1 saturated heterocycles. The molecule has 5 N–H and O–H groups in total. The maximum atomic E-state index is 9.99. The van der Waals surface area contributed by atoms with Crippen LogP contribution in [-0.4, -0.2) is 78.9 Å². The third kappa shape index (κ3) is 5.24. The Hall–Kier alpha value is -2.90. The molecule has 0 unspecified atom stereocenters.